The van der Waals surface area contributed by atoms with E-state index in [2.05, 4.69) is 15.2 Å². The lowest BCUT2D eigenvalue weighted by Gasteiger charge is -2.32. The van der Waals surface area contributed by atoms with Crippen molar-refractivity contribution in [2.45, 2.75) is 44.2 Å². The van der Waals surface area contributed by atoms with Crippen molar-refractivity contribution in [2.24, 2.45) is 5.92 Å². The van der Waals surface area contributed by atoms with Crippen molar-refractivity contribution in [1.82, 2.24) is 9.88 Å². The minimum atomic E-state index is -0.317. The molecule has 1 aliphatic carbocycles. The van der Waals surface area contributed by atoms with E-state index in [0.29, 0.717) is 12.0 Å². The Hall–Kier alpha value is -2.47. The van der Waals surface area contributed by atoms with Crippen molar-refractivity contribution in [3.8, 4) is 0 Å². The van der Waals surface area contributed by atoms with Crippen molar-refractivity contribution in [3.05, 3.63) is 36.5 Å². The van der Waals surface area contributed by atoms with Gasteiger partial charge in [-0.05, 0) is 49.4 Å². The fourth-order valence-electron chi connectivity index (χ4n) is 4.72. The second-order valence-electron chi connectivity index (χ2n) is 7.48. The van der Waals surface area contributed by atoms with Crippen LogP contribution in [0.5, 0.6) is 0 Å². The third-order valence-corrected chi connectivity index (χ3v) is 5.94. The number of amides is 1. The first-order valence-corrected chi connectivity index (χ1v) is 9.64. The molecule has 6 nitrogen and oxygen atoms in total. The first-order chi connectivity index (χ1) is 13.2. The molecule has 1 aromatic heterocycles. The van der Waals surface area contributed by atoms with Crippen LogP contribution in [0.4, 0.5) is 5.69 Å². The van der Waals surface area contributed by atoms with E-state index in [1.165, 1.54) is 13.5 Å². The number of likely N-dealkylation sites (tertiary alicyclic amines) is 1. The van der Waals surface area contributed by atoms with Gasteiger partial charge in [0.1, 0.15) is 6.04 Å². The van der Waals surface area contributed by atoms with Crippen LogP contribution >= 0.6 is 0 Å². The Bertz CT molecular complexity index is 848. The molecule has 2 heterocycles. The summed E-state index contributed by atoms with van der Waals surface area (Å²) in [5.74, 6) is 0.149. The summed E-state index contributed by atoms with van der Waals surface area (Å²) in [5, 5.41) is 3.92. The molecule has 0 radical (unpaired) electrons. The average Bonchev–Trinajstić information content (AvgIpc) is 3.06. The number of methoxy groups -OCH3 is 1. The smallest absolute Gasteiger partial charge is 0.323 e. The fraction of sp³-hybridized carbons (Fsp3) is 0.476. The van der Waals surface area contributed by atoms with Crippen LogP contribution in [-0.4, -0.2) is 47.5 Å². The zero-order valence-electron chi connectivity index (χ0n) is 15.6. The minimum absolute atomic E-state index is 0.105. The molecule has 142 valence electrons. The summed E-state index contributed by atoms with van der Waals surface area (Å²) >= 11 is 0. The van der Waals surface area contributed by atoms with E-state index in [1.54, 1.807) is 6.20 Å². The molecule has 1 saturated carbocycles. The highest BCUT2D eigenvalue weighted by atomic mass is 16.5. The predicted octanol–water partition coefficient (Wildman–Crippen LogP) is 2.98. The van der Waals surface area contributed by atoms with Gasteiger partial charge in [0.2, 0.25) is 5.91 Å². The van der Waals surface area contributed by atoms with Crippen LogP contribution in [0.2, 0.25) is 0 Å². The second kappa shape index (κ2) is 7.64. The standard InChI is InChI=1S/C21H25N3O3/c1-27-21(26)19-12-14-6-2-3-10-18(14)24(19)13-20(25)23-17-9-4-8-16-15(17)7-5-11-22-16/h4-5,7-9,11,14,18-19H,2-3,6,10,12-13H2,1H3,(H,23,25)/t14-,18+,19+/m1/s1. The number of ether oxygens (including phenoxy) is 1. The van der Waals surface area contributed by atoms with Crippen LogP contribution in [-0.2, 0) is 14.3 Å². The van der Waals surface area contributed by atoms with E-state index < -0.39 is 0 Å². The largest absolute Gasteiger partial charge is 0.468 e. The maximum atomic E-state index is 12.8. The van der Waals surface area contributed by atoms with Crippen molar-refractivity contribution < 1.29 is 14.3 Å². The van der Waals surface area contributed by atoms with Crippen molar-refractivity contribution >= 4 is 28.5 Å². The molecule has 1 amide bonds. The average molecular weight is 367 g/mol. The molecule has 1 saturated heterocycles. The molecule has 0 spiro atoms. The molecular weight excluding hydrogens is 342 g/mol. The van der Waals surface area contributed by atoms with Crippen LogP contribution in [0.25, 0.3) is 10.9 Å². The van der Waals surface area contributed by atoms with Crippen LogP contribution in [0, 0.1) is 5.92 Å². The summed E-state index contributed by atoms with van der Waals surface area (Å²) in [5.41, 5.74) is 1.59. The Morgan fingerprint density at radius 3 is 2.93 bits per heavy atom. The lowest BCUT2D eigenvalue weighted by Crippen LogP contribution is -2.46. The van der Waals surface area contributed by atoms with Crippen molar-refractivity contribution in [2.75, 3.05) is 19.0 Å². The number of rotatable bonds is 4. The van der Waals surface area contributed by atoms with Gasteiger partial charge < -0.3 is 10.1 Å². The maximum Gasteiger partial charge on any atom is 0.323 e. The summed E-state index contributed by atoms with van der Waals surface area (Å²) in [4.78, 5) is 31.5. The number of hydrogen-bond acceptors (Lipinski definition) is 5. The number of esters is 1. The lowest BCUT2D eigenvalue weighted by atomic mass is 9.85. The van der Waals surface area contributed by atoms with Gasteiger partial charge in [0, 0.05) is 17.6 Å². The van der Waals surface area contributed by atoms with E-state index in [0.717, 1.165) is 42.3 Å². The molecule has 4 rings (SSSR count). The Balaban J connectivity index is 1.52. The van der Waals surface area contributed by atoms with Gasteiger partial charge in [0.05, 0.1) is 24.9 Å². The SMILES string of the molecule is COC(=O)[C@@H]1C[C@H]2CCCC[C@@H]2N1CC(=O)Nc1cccc2ncccc12. The first-order valence-electron chi connectivity index (χ1n) is 9.64. The third-order valence-electron chi connectivity index (χ3n) is 5.94. The number of anilines is 1. The summed E-state index contributed by atoms with van der Waals surface area (Å²) in [6.07, 6.45) is 7.07. The normalized spacial score (nSPS) is 25.1. The van der Waals surface area contributed by atoms with Gasteiger partial charge in [-0.25, -0.2) is 0 Å². The summed E-state index contributed by atoms with van der Waals surface area (Å²) < 4.78 is 5.01. The van der Waals surface area contributed by atoms with E-state index >= 15 is 0 Å². The number of benzene rings is 1. The molecule has 0 bridgehead atoms. The summed E-state index contributed by atoms with van der Waals surface area (Å²) in [6, 6.07) is 9.47. The van der Waals surface area contributed by atoms with Gasteiger partial charge >= 0.3 is 5.97 Å². The van der Waals surface area contributed by atoms with E-state index in [4.69, 9.17) is 4.74 Å². The molecule has 0 unspecified atom stereocenters. The number of carbonyl (C=O) groups excluding carboxylic acids is 2. The van der Waals surface area contributed by atoms with Gasteiger partial charge in [-0.3, -0.25) is 19.5 Å². The Labute approximate surface area is 158 Å². The highest BCUT2D eigenvalue weighted by Crippen LogP contribution is 2.39. The van der Waals surface area contributed by atoms with Gasteiger partial charge in [-0.15, -0.1) is 0 Å². The topological polar surface area (TPSA) is 71.5 Å². The number of carbonyl (C=O) groups is 2. The molecule has 1 aromatic carbocycles. The fourth-order valence-corrected chi connectivity index (χ4v) is 4.72. The van der Waals surface area contributed by atoms with Gasteiger partial charge in [0.15, 0.2) is 0 Å². The molecule has 3 atom stereocenters. The number of pyridine rings is 1. The molecule has 2 fully saturated rings. The van der Waals surface area contributed by atoms with E-state index in [-0.39, 0.29) is 24.5 Å². The number of aromatic nitrogens is 1. The Morgan fingerprint density at radius 2 is 2.07 bits per heavy atom. The molecular formula is C21H25N3O3. The van der Waals surface area contributed by atoms with Gasteiger partial charge in [0.25, 0.3) is 0 Å². The maximum absolute atomic E-state index is 12.8. The highest BCUT2D eigenvalue weighted by Gasteiger charge is 2.46. The number of fused-ring (bicyclic) bond motifs is 2. The highest BCUT2D eigenvalue weighted by molar-refractivity contribution is 6.01. The van der Waals surface area contributed by atoms with Crippen LogP contribution in [0.15, 0.2) is 36.5 Å². The van der Waals surface area contributed by atoms with Gasteiger partial charge in [-0.2, -0.15) is 0 Å². The van der Waals surface area contributed by atoms with Crippen molar-refractivity contribution in [3.63, 3.8) is 0 Å². The van der Waals surface area contributed by atoms with Crippen molar-refractivity contribution in [1.29, 1.82) is 0 Å². The molecule has 6 heteroatoms. The monoisotopic (exact) mass is 367 g/mol. The van der Waals surface area contributed by atoms with Crippen LogP contribution in [0.3, 0.4) is 0 Å². The number of hydrogen-bond donors (Lipinski definition) is 1. The lowest BCUT2D eigenvalue weighted by molar-refractivity contribution is -0.146. The zero-order valence-corrected chi connectivity index (χ0v) is 15.6. The molecule has 2 aromatic rings. The predicted molar refractivity (Wildman–Crippen MR) is 103 cm³/mol. The van der Waals surface area contributed by atoms with E-state index in [1.807, 2.05) is 30.3 Å². The number of nitrogens with zero attached hydrogens (tertiary/aromatic N) is 2. The van der Waals surface area contributed by atoms with Crippen LogP contribution < -0.4 is 5.32 Å². The van der Waals surface area contributed by atoms with Crippen LogP contribution in [0.1, 0.15) is 32.1 Å². The quantitative estimate of drug-likeness (QED) is 0.841. The Kier molecular flexibility index (Phi) is 5.07. The molecule has 1 aliphatic heterocycles. The van der Waals surface area contributed by atoms with E-state index in [9.17, 15) is 9.59 Å². The zero-order chi connectivity index (χ0) is 18.8. The second-order valence-corrected chi connectivity index (χ2v) is 7.48. The summed E-state index contributed by atoms with van der Waals surface area (Å²) in [6.45, 7) is 0.206. The first kappa shape index (κ1) is 17.9. The molecule has 1 N–H and O–H groups in total. The minimum Gasteiger partial charge on any atom is -0.468 e. The molecule has 2 aliphatic rings. The third kappa shape index (κ3) is 3.54. The summed E-state index contributed by atoms with van der Waals surface area (Å²) in [7, 11) is 1.42. The Morgan fingerprint density at radius 1 is 1.22 bits per heavy atom. The van der Waals surface area contributed by atoms with Gasteiger partial charge in [-0.1, -0.05) is 18.9 Å². The number of nitrogens with one attached hydrogen (secondary N) is 1. The molecule has 27 heavy (non-hydrogen) atoms.